The van der Waals surface area contributed by atoms with Gasteiger partial charge in [-0.3, -0.25) is 4.79 Å². The average Bonchev–Trinajstić information content (AvgIpc) is 2.36. The molecular weight excluding hydrogens is 268 g/mol. The molecule has 1 aromatic heterocycles. The Morgan fingerprint density at radius 2 is 2.11 bits per heavy atom. The van der Waals surface area contributed by atoms with Crippen LogP contribution in [-0.4, -0.2) is 15.9 Å². The molecule has 0 radical (unpaired) electrons. The van der Waals surface area contributed by atoms with Crippen molar-refractivity contribution in [3.63, 3.8) is 0 Å². The van der Waals surface area contributed by atoms with Gasteiger partial charge in [0.05, 0.1) is 5.69 Å². The first-order valence-electron chi connectivity index (χ1n) is 5.38. The summed E-state index contributed by atoms with van der Waals surface area (Å²) in [7, 11) is 0. The van der Waals surface area contributed by atoms with Crippen molar-refractivity contribution in [3.8, 4) is 11.6 Å². The number of hydrogen-bond acceptors (Lipinski definition) is 5. The number of rotatable bonds is 3. The zero-order chi connectivity index (χ0) is 13.8. The summed E-state index contributed by atoms with van der Waals surface area (Å²) in [6, 6.07) is 6.92. The lowest BCUT2D eigenvalue weighted by atomic mass is 10.3. The summed E-state index contributed by atoms with van der Waals surface area (Å²) >= 11 is 5.94. The molecule has 1 heterocycles. The minimum Gasteiger partial charge on any atom is -0.435 e. The normalized spacial score (nSPS) is 10.0. The number of carbonyl (C=O) groups is 1. The van der Waals surface area contributed by atoms with Gasteiger partial charge in [0.15, 0.2) is 5.75 Å². The van der Waals surface area contributed by atoms with Crippen molar-refractivity contribution >= 4 is 29.0 Å². The Balaban J connectivity index is 2.33. The summed E-state index contributed by atoms with van der Waals surface area (Å²) in [6.07, 6.45) is 1.25. The van der Waals surface area contributed by atoms with E-state index in [0.29, 0.717) is 11.4 Å². The monoisotopic (exact) mass is 278 g/mol. The van der Waals surface area contributed by atoms with Crippen LogP contribution >= 0.6 is 11.6 Å². The maximum atomic E-state index is 11.1. The second-order valence-corrected chi connectivity index (χ2v) is 4.04. The molecule has 6 nitrogen and oxygen atoms in total. The van der Waals surface area contributed by atoms with E-state index in [1.54, 1.807) is 24.3 Å². The van der Waals surface area contributed by atoms with Gasteiger partial charge in [0, 0.05) is 6.92 Å². The molecule has 2 aromatic rings. The first-order valence-corrected chi connectivity index (χ1v) is 5.76. The van der Waals surface area contributed by atoms with Crippen molar-refractivity contribution in [2.24, 2.45) is 0 Å². The third kappa shape index (κ3) is 3.11. The first kappa shape index (κ1) is 13.1. The Hall–Kier alpha value is -2.34. The molecule has 98 valence electrons. The molecule has 0 saturated heterocycles. The van der Waals surface area contributed by atoms with E-state index in [9.17, 15) is 4.79 Å². The van der Waals surface area contributed by atoms with Crippen molar-refractivity contribution in [1.29, 1.82) is 0 Å². The molecule has 0 aliphatic rings. The number of carbonyl (C=O) groups excluding carboxylic acids is 1. The predicted molar refractivity (Wildman–Crippen MR) is 72.3 cm³/mol. The Labute approximate surface area is 114 Å². The lowest BCUT2D eigenvalue weighted by molar-refractivity contribution is -0.114. The largest absolute Gasteiger partial charge is 0.435 e. The molecule has 0 unspecified atom stereocenters. The number of anilines is 2. The number of amides is 1. The van der Waals surface area contributed by atoms with Crippen LogP contribution in [-0.2, 0) is 4.79 Å². The van der Waals surface area contributed by atoms with Gasteiger partial charge in [-0.25, -0.2) is 4.98 Å². The predicted octanol–water partition coefficient (Wildman–Crippen LogP) is 2.46. The topological polar surface area (TPSA) is 90.1 Å². The van der Waals surface area contributed by atoms with Gasteiger partial charge in [-0.2, -0.15) is 4.98 Å². The molecule has 0 atom stereocenters. The van der Waals surface area contributed by atoms with Gasteiger partial charge < -0.3 is 15.8 Å². The summed E-state index contributed by atoms with van der Waals surface area (Å²) in [5.41, 5.74) is 6.08. The van der Waals surface area contributed by atoms with E-state index in [1.165, 1.54) is 13.3 Å². The van der Waals surface area contributed by atoms with Gasteiger partial charge in [0.2, 0.25) is 11.8 Å². The van der Waals surface area contributed by atoms with Crippen molar-refractivity contribution < 1.29 is 9.53 Å². The fourth-order valence-corrected chi connectivity index (χ4v) is 1.53. The van der Waals surface area contributed by atoms with Gasteiger partial charge >= 0.3 is 0 Å². The maximum Gasteiger partial charge on any atom is 0.243 e. The van der Waals surface area contributed by atoms with Crippen LogP contribution in [0.2, 0.25) is 5.02 Å². The number of benzene rings is 1. The smallest absolute Gasteiger partial charge is 0.243 e. The summed E-state index contributed by atoms with van der Waals surface area (Å²) in [6.45, 7) is 1.41. The summed E-state index contributed by atoms with van der Waals surface area (Å²) < 4.78 is 5.54. The van der Waals surface area contributed by atoms with Crippen molar-refractivity contribution in [1.82, 2.24) is 9.97 Å². The minimum atomic E-state index is -0.204. The molecule has 1 aromatic carbocycles. The highest BCUT2D eigenvalue weighted by Crippen LogP contribution is 2.33. The Bertz CT molecular complexity index is 618. The van der Waals surface area contributed by atoms with Gasteiger partial charge in [0.25, 0.3) is 0 Å². The number of nitrogen functional groups attached to an aromatic ring is 1. The second kappa shape index (κ2) is 5.53. The average molecular weight is 279 g/mol. The van der Waals surface area contributed by atoms with Crippen LogP contribution in [0.4, 0.5) is 11.5 Å². The van der Waals surface area contributed by atoms with E-state index >= 15 is 0 Å². The molecule has 0 saturated carbocycles. The van der Waals surface area contributed by atoms with Crippen molar-refractivity contribution in [2.45, 2.75) is 6.92 Å². The van der Waals surface area contributed by atoms with Gasteiger partial charge in [-0.1, -0.05) is 23.7 Å². The SMILES string of the molecule is CC(=O)Nc1ccccc1Oc1ncnc(N)c1Cl. The van der Waals surface area contributed by atoms with Crippen LogP contribution in [0.3, 0.4) is 0 Å². The van der Waals surface area contributed by atoms with Crippen molar-refractivity contribution in [2.75, 3.05) is 11.1 Å². The zero-order valence-electron chi connectivity index (χ0n) is 10.1. The second-order valence-electron chi connectivity index (χ2n) is 3.66. The standard InChI is InChI=1S/C12H11ClN4O2/c1-7(18)17-8-4-2-3-5-9(8)19-12-10(13)11(14)15-6-16-12/h2-6H,1H3,(H,17,18)(H2,14,15,16). The summed E-state index contributed by atoms with van der Waals surface area (Å²) in [4.78, 5) is 18.7. The molecule has 0 fully saturated rings. The van der Waals surface area contributed by atoms with Crippen LogP contribution in [0.25, 0.3) is 0 Å². The Kier molecular flexibility index (Phi) is 3.82. The molecule has 0 bridgehead atoms. The van der Waals surface area contributed by atoms with E-state index in [2.05, 4.69) is 15.3 Å². The van der Waals surface area contributed by atoms with Crippen molar-refractivity contribution in [3.05, 3.63) is 35.6 Å². The number of halogens is 1. The van der Waals surface area contributed by atoms with Crippen LogP contribution < -0.4 is 15.8 Å². The van der Waals surface area contributed by atoms with E-state index in [1.807, 2.05) is 0 Å². The van der Waals surface area contributed by atoms with Gasteiger partial charge in [-0.05, 0) is 12.1 Å². The highest BCUT2D eigenvalue weighted by molar-refractivity contribution is 6.34. The van der Waals surface area contributed by atoms with Crippen LogP contribution in [0.15, 0.2) is 30.6 Å². The molecule has 0 aliphatic heterocycles. The number of hydrogen-bond donors (Lipinski definition) is 2. The number of para-hydroxylation sites is 2. The van der Waals surface area contributed by atoms with E-state index in [4.69, 9.17) is 22.1 Å². The van der Waals surface area contributed by atoms with Crippen LogP contribution in [0, 0.1) is 0 Å². The van der Waals surface area contributed by atoms with E-state index < -0.39 is 0 Å². The summed E-state index contributed by atoms with van der Waals surface area (Å²) in [5, 5.41) is 2.77. The summed E-state index contributed by atoms with van der Waals surface area (Å²) in [5.74, 6) is 0.470. The fourth-order valence-electron chi connectivity index (χ4n) is 1.39. The molecular formula is C12H11ClN4O2. The minimum absolute atomic E-state index is 0.125. The van der Waals surface area contributed by atoms with Gasteiger partial charge in [-0.15, -0.1) is 0 Å². The Morgan fingerprint density at radius 3 is 2.84 bits per heavy atom. The number of ether oxygens (including phenoxy) is 1. The number of aromatic nitrogens is 2. The number of nitrogens with one attached hydrogen (secondary N) is 1. The molecule has 19 heavy (non-hydrogen) atoms. The molecule has 7 heteroatoms. The maximum absolute atomic E-state index is 11.1. The molecule has 3 N–H and O–H groups in total. The third-order valence-corrected chi connectivity index (χ3v) is 2.54. The molecule has 1 amide bonds. The van der Waals surface area contributed by atoms with E-state index in [-0.39, 0.29) is 22.6 Å². The third-order valence-electron chi connectivity index (χ3n) is 2.19. The lowest BCUT2D eigenvalue weighted by Crippen LogP contribution is -2.07. The van der Waals surface area contributed by atoms with E-state index in [0.717, 1.165) is 0 Å². The van der Waals surface area contributed by atoms with Crippen LogP contribution in [0.5, 0.6) is 11.6 Å². The van der Waals surface area contributed by atoms with Crippen LogP contribution in [0.1, 0.15) is 6.92 Å². The van der Waals surface area contributed by atoms with Gasteiger partial charge in [0.1, 0.15) is 17.2 Å². The number of nitrogens with zero attached hydrogens (tertiary/aromatic N) is 2. The first-order chi connectivity index (χ1) is 9.08. The molecule has 2 rings (SSSR count). The lowest BCUT2D eigenvalue weighted by Gasteiger charge is -2.11. The molecule has 0 aliphatic carbocycles. The fraction of sp³-hybridized carbons (Fsp3) is 0.0833. The highest BCUT2D eigenvalue weighted by Gasteiger charge is 2.11. The number of nitrogens with two attached hydrogens (primary N) is 1. The Morgan fingerprint density at radius 1 is 1.37 bits per heavy atom. The zero-order valence-corrected chi connectivity index (χ0v) is 10.8. The highest BCUT2D eigenvalue weighted by atomic mass is 35.5. The quantitative estimate of drug-likeness (QED) is 0.900. The molecule has 0 spiro atoms.